The molecule has 1 aliphatic heterocycles. The first kappa shape index (κ1) is 14.4. The van der Waals surface area contributed by atoms with Crippen LogP contribution in [-0.2, 0) is 6.42 Å². The molecule has 2 aromatic rings. The average Bonchev–Trinajstić information content (AvgIpc) is 2.87. The smallest absolute Gasteiger partial charge is 0.123 e. The predicted octanol–water partition coefficient (Wildman–Crippen LogP) is 4.13. The Hall–Kier alpha value is -1.58. The molecular weight excluding hydrogens is 289 g/mol. The number of hydrogen-bond donors (Lipinski definition) is 1. The van der Waals surface area contributed by atoms with E-state index in [1.165, 1.54) is 11.6 Å². The molecule has 1 heterocycles. The molecule has 1 aliphatic rings. The third kappa shape index (κ3) is 3.36. The normalized spacial score (nSPS) is 18.1. The first-order chi connectivity index (χ1) is 10.1. The van der Waals surface area contributed by atoms with Gasteiger partial charge >= 0.3 is 0 Å². The minimum atomic E-state index is -0.208. The lowest BCUT2D eigenvalue weighted by Crippen LogP contribution is -2.31. The van der Waals surface area contributed by atoms with Crippen LogP contribution in [0, 0.1) is 5.82 Å². The maximum atomic E-state index is 13.2. The summed E-state index contributed by atoms with van der Waals surface area (Å²) in [5.74, 6) is 0.586. The standard InChI is InChI=1S/C17H17ClFNO/c1-11(12-2-4-14(18)5-3-12)20-10-16-9-13-8-15(19)6-7-17(13)21-16/h2-8,11,16,20H,9-10H2,1H3/t11-,16?/m0/s1. The fourth-order valence-electron chi connectivity index (χ4n) is 2.58. The van der Waals surface area contributed by atoms with Crippen LogP contribution in [0.5, 0.6) is 5.75 Å². The number of hydrogen-bond acceptors (Lipinski definition) is 2. The van der Waals surface area contributed by atoms with Crippen molar-refractivity contribution in [3.05, 3.63) is 64.4 Å². The van der Waals surface area contributed by atoms with Gasteiger partial charge in [0.2, 0.25) is 0 Å². The summed E-state index contributed by atoms with van der Waals surface area (Å²) in [7, 11) is 0. The van der Waals surface area contributed by atoms with Crippen LogP contribution < -0.4 is 10.1 Å². The van der Waals surface area contributed by atoms with Gasteiger partial charge in [-0.2, -0.15) is 0 Å². The molecule has 3 rings (SSSR count). The second-order valence-electron chi connectivity index (χ2n) is 5.38. The molecule has 2 atom stereocenters. The van der Waals surface area contributed by atoms with Crippen LogP contribution in [0.2, 0.25) is 5.02 Å². The third-order valence-corrected chi connectivity index (χ3v) is 4.04. The van der Waals surface area contributed by atoms with E-state index in [2.05, 4.69) is 12.2 Å². The molecule has 21 heavy (non-hydrogen) atoms. The minimum absolute atomic E-state index is 0.0524. The molecule has 0 aliphatic carbocycles. The highest BCUT2D eigenvalue weighted by Crippen LogP contribution is 2.29. The molecule has 2 aromatic carbocycles. The molecule has 0 amide bonds. The van der Waals surface area contributed by atoms with E-state index in [1.54, 1.807) is 12.1 Å². The van der Waals surface area contributed by atoms with Crippen molar-refractivity contribution in [3.63, 3.8) is 0 Å². The van der Waals surface area contributed by atoms with Gasteiger partial charge in [0.1, 0.15) is 17.7 Å². The summed E-state index contributed by atoms with van der Waals surface area (Å²) in [6, 6.07) is 12.7. The second-order valence-corrected chi connectivity index (χ2v) is 5.81. The Morgan fingerprint density at radius 2 is 2.05 bits per heavy atom. The summed E-state index contributed by atoms with van der Waals surface area (Å²) in [6.07, 6.45) is 0.796. The van der Waals surface area contributed by atoms with Crippen molar-refractivity contribution in [2.75, 3.05) is 6.54 Å². The van der Waals surface area contributed by atoms with E-state index in [0.717, 1.165) is 29.3 Å². The van der Waals surface area contributed by atoms with E-state index in [0.29, 0.717) is 0 Å². The van der Waals surface area contributed by atoms with Gasteiger partial charge in [-0.1, -0.05) is 23.7 Å². The summed E-state index contributed by atoms with van der Waals surface area (Å²) in [6.45, 7) is 2.82. The Labute approximate surface area is 128 Å². The summed E-state index contributed by atoms with van der Waals surface area (Å²) in [5.41, 5.74) is 2.13. The topological polar surface area (TPSA) is 21.3 Å². The van der Waals surface area contributed by atoms with Crippen molar-refractivity contribution in [1.29, 1.82) is 0 Å². The zero-order valence-electron chi connectivity index (χ0n) is 11.8. The fraction of sp³-hybridized carbons (Fsp3) is 0.294. The van der Waals surface area contributed by atoms with Crippen molar-refractivity contribution < 1.29 is 9.13 Å². The predicted molar refractivity (Wildman–Crippen MR) is 82.4 cm³/mol. The average molecular weight is 306 g/mol. The minimum Gasteiger partial charge on any atom is -0.488 e. The lowest BCUT2D eigenvalue weighted by molar-refractivity contribution is 0.222. The summed E-state index contributed by atoms with van der Waals surface area (Å²) >= 11 is 5.89. The van der Waals surface area contributed by atoms with Crippen molar-refractivity contribution >= 4 is 11.6 Å². The summed E-state index contributed by atoms with van der Waals surface area (Å²) in [4.78, 5) is 0. The number of rotatable bonds is 4. The molecule has 0 radical (unpaired) electrons. The van der Waals surface area contributed by atoms with Gasteiger partial charge in [0.15, 0.2) is 0 Å². The van der Waals surface area contributed by atoms with Gasteiger partial charge in [0.25, 0.3) is 0 Å². The van der Waals surface area contributed by atoms with E-state index >= 15 is 0 Å². The molecule has 0 saturated heterocycles. The molecule has 4 heteroatoms. The molecule has 110 valence electrons. The largest absolute Gasteiger partial charge is 0.488 e. The van der Waals surface area contributed by atoms with Crippen molar-refractivity contribution in [3.8, 4) is 5.75 Å². The molecule has 1 N–H and O–H groups in total. The Morgan fingerprint density at radius 3 is 2.81 bits per heavy atom. The van der Waals surface area contributed by atoms with Crippen LogP contribution in [0.4, 0.5) is 4.39 Å². The quantitative estimate of drug-likeness (QED) is 0.917. The molecule has 0 spiro atoms. The number of fused-ring (bicyclic) bond motifs is 1. The van der Waals surface area contributed by atoms with Crippen molar-refractivity contribution in [2.45, 2.75) is 25.5 Å². The van der Waals surface area contributed by atoms with Gasteiger partial charge < -0.3 is 10.1 Å². The molecule has 1 unspecified atom stereocenters. The summed E-state index contributed by atoms with van der Waals surface area (Å²) < 4.78 is 19.0. The van der Waals surface area contributed by atoms with E-state index in [-0.39, 0.29) is 18.0 Å². The van der Waals surface area contributed by atoms with Gasteiger partial charge in [-0.3, -0.25) is 0 Å². The molecular formula is C17H17ClFNO. The number of nitrogens with one attached hydrogen (secondary N) is 1. The molecule has 0 bridgehead atoms. The Kier molecular flexibility index (Phi) is 4.13. The SMILES string of the molecule is C[C@H](NCC1Cc2cc(F)ccc2O1)c1ccc(Cl)cc1. The first-order valence-electron chi connectivity index (χ1n) is 7.06. The second kappa shape index (κ2) is 6.04. The van der Waals surface area contributed by atoms with Crippen LogP contribution in [-0.4, -0.2) is 12.6 Å². The zero-order valence-corrected chi connectivity index (χ0v) is 12.5. The van der Waals surface area contributed by atoms with Crippen LogP contribution in [0.15, 0.2) is 42.5 Å². The van der Waals surface area contributed by atoms with Crippen molar-refractivity contribution in [1.82, 2.24) is 5.32 Å². The maximum absolute atomic E-state index is 13.2. The van der Waals surface area contributed by atoms with Gasteiger partial charge in [-0.05, 0) is 42.8 Å². The number of benzene rings is 2. The molecule has 0 fully saturated rings. The number of ether oxygens (including phenoxy) is 1. The highest BCUT2D eigenvalue weighted by atomic mass is 35.5. The van der Waals surface area contributed by atoms with E-state index in [4.69, 9.17) is 16.3 Å². The molecule has 0 aromatic heterocycles. The number of halogens is 2. The summed E-state index contributed by atoms with van der Waals surface area (Å²) in [5, 5.41) is 4.19. The van der Waals surface area contributed by atoms with Crippen LogP contribution in [0.25, 0.3) is 0 Å². The Balaban J connectivity index is 1.56. The van der Waals surface area contributed by atoms with Crippen molar-refractivity contribution in [2.24, 2.45) is 0 Å². The highest BCUT2D eigenvalue weighted by Gasteiger charge is 2.23. The maximum Gasteiger partial charge on any atom is 0.123 e. The monoisotopic (exact) mass is 305 g/mol. The van der Waals surface area contributed by atoms with Gasteiger partial charge in [-0.15, -0.1) is 0 Å². The van der Waals surface area contributed by atoms with Crippen LogP contribution in [0.1, 0.15) is 24.1 Å². The van der Waals surface area contributed by atoms with Crippen LogP contribution >= 0.6 is 11.6 Å². The van der Waals surface area contributed by atoms with Gasteiger partial charge in [0.05, 0.1) is 0 Å². The zero-order chi connectivity index (χ0) is 14.8. The van der Waals surface area contributed by atoms with E-state index < -0.39 is 0 Å². The highest BCUT2D eigenvalue weighted by molar-refractivity contribution is 6.30. The lowest BCUT2D eigenvalue weighted by Gasteiger charge is -2.17. The van der Waals surface area contributed by atoms with Gasteiger partial charge in [0, 0.05) is 29.6 Å². The molecule has 0 saturated carbocycles. The third-order valence-electron chi connectivity index (χ3n) is 3.79. The molecule has 2 nitrogen and oxygen atoms in total. The van der Waals surface area contributed by atoms with Crippen LogP contribution in [0.3, 0.4) is 0 Å². The first-order valence-corrected chi connectivity index (χ1v) is 7.43. The van der Waals surface area contributed by atoms with Gasteiger partial charge in [-0.25, -0.2) is 4.39 Å². The Bertz CT molecular complexity index is 629. The lowest BCUT2D eigenvalue weighted by atomic mass is 10.1. The van der Waals surface area contributed by atoms with E-state index in [9.17, 15) is 4.39 Å². The van der Waals surface area contributed by atoms with E-state index in [1.807, 2.05) is 24.3 Å². The fourth-order valence-corrected chi connectivity index (χ4v) is 2.71. The Morgan fingerprint density at radius 1 is 1.29 bits per heavy atom.